The molecule has 7 nitrogen and oxygen atoms in total. The van der Waals surface area contributed by atoms with Gasteiger partial charge in [0, 0.05) is 19.4 Å². The predicted molar refractivity (Wildman–Crippen MR) is 101 cm³/mol. The lowest BCUT2D eigenvalue weighted by atomic mass is 9.43. The van der Waals surface area contributed by atoms with E-state index in [2.05, 4.69) is 6.58 Å². The Balaban J connectivity index is 1.95. The number of carbonyl (C=O) groups is 3. The van der Waals surface area contributed by atoms with Gasteiger partial charge in [0.2, 0.25) is 0 Å². The molecule has 160 valence electrons. The van der Waals surface area contributed by atoms with E-state index >= 15 is 0 Å². The van der Waals surface area contributed by atoms with E-state index in [1.165, 1.54) is 6.92 Å². The third-order valence-corrected chi connectivity index (χ3v) is 8.34. The van der Waals surface area contributed by atoms with Gasteiger partial charge in [0.15, 0.2) is 5.78 Å². The molecule has 5 unspecified atom stereocenters. The Labute approximate surface area is 170 Å². The Morgan fingerprint density at radius 3 is 2.66 bits per heavy atom. The quantitative estimate of drug-likeness (QED) is 0.414. The highest BCUT2D eigenvalue weighted by atomic mass is 16.6. The molecule has 4 rings (SSSR count). The number of hydrogen-bond donors (Lipinski definition) is 2. The van der Waals surface area contributed by atoms with Crippen molar-refractivity contribution in [2.75, 3.05) is 13.2 Å². The second kappa shape index (κ2) is 6.38. The molecule has 7 heteroatoms. The number of aliphatic hydroxyl groups is 2. The molecule has 4 aliphatic rings. The zero-order valence-electron chi connectivity index (χ0n) is 17.3. The number of ether oxygens (including phenoxy) is 2. The molecule has 1 spiro atoms. The Morgan fingerprint density at radius 1 is 1.34 bits per heavy atom. The van der Waals surface area contributed by atoms with Crippen LogP contribution in [0.2, 0.25) is 0 Å². The average molecular weight is 406 g/mol. The van der Waals surface area contributed by atoms with Crippen molar-refractivity contribution < 1.29 is 34.1 Å². The number of aliphatic hydroxyl groups excluding tert-OH is 2. The number of rotatable bonds is 3. The van der Waals surface area contributed by atoms with Gasteiger partial charge in [-0.3, -0.25) is 14.4 Å². The number of hydrogen-bond acceptors (Lipinski definition) is 7. The van der Waals surface area contributed by atoms with Crippen molar-refractivity contribution in [3.63, 3.8) is 0 Å². The summed E-state index contributed by atoms with van der Waals surface area (Å²) in [6, 6.07) is 0. The maximum atomic E-state index is 13.3. The Hall–Kier alpha value is -1.73. The minimum Gasteiger partial charge on any atom is -0.465 e. The summed E-state index contributed by atoms with van der Waals surface area (Å²) < 4.78 is 11.4. The van der Waals surface area contributed by atoms with Crippen LogP contribution < -0.4 is 0 Å². The van der Waals surface area contributed by atoms with Crippen LogP contribution >= 0.6 is 0 Å². The number of carbonyl (C=O) groups excluding carboxylic acids is 3. The van der Waals surface area contributed by atoms with Gasteiger partial charge >= 0.3 is 11.9 Å². The van der Waals surface area contributed by atoms with Crippen molar-refractivity contribution in [1.29, 1.82) is 0 Å². The Kier molecular flexibility index (Phi) is 4.52. The fourth-order valence-electron chi connectivity index (χ4n) is 7.09. The van der Waals surface area contributed by atoms with Crippen molar-refractivity contribution in [3.05, 3.63) is 12.2 Å². The van der Waals surface area contributed by atoms with E-state index in [0.29, 0.717) is 24.8 Å². The van der Waals surface area contributed by atoms with E-state index in [1.807, 2.05) is 13.8 Å². The van der Waals surface area contributed by atoms with Crippen LogP contribution in [0.25, 0.3) is 0 Å². The normalized spacial score (nSPS) is 45.3. The van der Waals surface area contributed by atoms with Crippen LogP contribution in [0.15, 0.2) is 12.2 Å². The second-order valence-corrected chi connectivity index (χ2v) is 10.1. The van der Waals surface area contributed by atoms with Crippen LogP contribution in [0.5, 0.6) is 0 Å². The lowest BCUT2D eigenvalue weighted by Gasteiger charge is -2.64. The van der Waals surface area contributed by atoms with Crippen LogP contribution in [0.4, 0.5) is 0 Å². The van der Waals surface area contributed by atoms with Crippen LogP contribution in [0, 0.1) is 34.0 Å². The lowest BCUT2D eigenvalue weighted by molar-refractivity contribution is -0.270. The highest BCUT2D eigenvalue weighted by molar-refractivity contribution is 6.15. The van der Waals surface area contributed by atoms with Gasteiger partial charge in [-0.25, -0.2) is 0 Å². The predicted octanol–water partition coefficient (Wildman–Crippen LogP) is 1.40. The summed E-state index contributed by atoms with van der Waals surface area (Å²) in [6.07, 6.45) is 0.232. The fourth-order valence-corrected chi connectivity index (χ4v) is 7.09. The van der Waals surface area contributed by atoms with Crippen LogP contribution in [0.1, 0.15) is 46.5 Å². The molecule has 2 bridgehead atoms. The maximum Gasteiger partial charge on any atom is 0.320 e. The third kappa shape index (κ3) is 2.46. The van der Waals surface area contributed by atoms with E-state index < -0.39 is 46.8 Å². The van der Waals surface area contributed by atoms with Crippen LogP contribution in [-0.2, 0) is 23.9 Å². The zero-order valence-corrected chi connectivity index (χ0v) is 17.3. The molecule has 7 atom stereocenters. The Morgan fingerprint density at radius 2 is 2.03 bits per heavy atom. The van der Waals surface area contributed by atoms with Crippen LogP contribution in [0.3, 0.4) is 0 Å². The van der Waals surface area contributed by atoms with E-state index in [9.17, 15) is 24.6 Å². The molecule has 4 fully saturated rings. The van der Waals surface area contributed by atoms with Crippen molar-refractivity contribution in [2.24, 2.45) is 34.0 Å². The summed E-state index contributed by atoms with van der Waals surface area (Å²) in [5.74, 6) is -2.93. The SMILES string of the molecule is C=C1C(=O)[C@]23CC1CC(O)C2[C@]1(COC(C)=O)C(CCC(C)(C)C1CO)OC3=O. The Bertz CT molecular complexity index is 786. The maximum absolute atomic E-state index is 13.3. The first-order valence-corrected chi connectivity index (χ1v) is 10.4. The minimum absolute atomic E-state index is 0.108. The minimum atomic E-state index is -1.52. The number of fused-ring (bicyclic) bond motifs is 3. The van der Waals surface area contributed by atoms with E-state index in [-0.39, 0.29) is 36.8 Å². The fraction of sp³-hybridized carbons (Fsp3) is 0.773. The highest BCUT2D eigenvalue weighted by Gasteiger charge is 2.77. The van der Waals surface area contributed by atoms with Gasteiger partial charge in [-0.1, -0.05) is 20.4 Å². The van der Waals surface area contributed by atoms with Crippen molar-refractivity contribution in [1.82, 2.24) is 0 Å². The van der Waals surface area contributed by atoms with E-state index in [1.54, 1.807) is 0 Å². The summed E-state index contributed by atoms with van der Waals surface area (Å²) in [6.45, 7) is 8.92. The molecule has 1 heterocycles. The van der Waals surface area contributed by atoms with Gasteiger partial charge in [0.25, 0.3) is 0 Å². The molecule has 0 amide bonds. The van der Waals surface area contributed by atoms with Gasteiger partial charge in [-0.2, -0.15) is 0 Å². The van der Waals surface area contributed by atoms with Crippen molar-refractivity contribution in [2.45, 2.75) is 58.7 Å². The largest absolute Gasteiger partial charge is 0.465 e. The molecular weight excluding hydrogens is 376 g/mol. The first-order valence-electron chi connectivity index (χ1n) is 10.4. The highest BCUT2D eigenvalue weighted by Crippen LogP contribution is 2.68. The zero-order chi connectivity index (χ0) is 21.4. The van der Waals surface area contributed by atoms with E-state index in [0.717, 1.165) is 0 Å². The molecule has 29 heavy (non-hydrogen) atoms. The second-order valence-electron chi connectivity index (χ2n) is 10.1. The van der Waals surface area contributed by atoms with Gasteiger partial charge < -0.3 is 19.7 Å². The smallest absolute Gasteiger partial charge is 0.320 e. The summed E-state index contributed by atoms with van der Waals surface area (Å²) >= 11 is 0. The monoisotopic (exact) mass is 406 g/mol. The molecule has 1 saturated heterocycles. The number of esters is 2. The molecule has 0 aromatic carbocycles. The standard InChI is InChI=1S/C22H30O7/c1-11-13-7-14(25)17-21(8-13,18(11)26)19(27)29-16-5-6-20(3,4)15(9-23)22(16,17)10-28-12(2)24/h13-17,23,25H,1,5-10H2,2-4H3/t13?,14?,15?,16?,17?,21-,22-/m0/s1. The third-order valence-electron chi connectivity index (χ3n) is 8.34. The first kappa shape index (κ1) is 20.5. The topological polar surface area (TPSA) is 110 Å². The summed E-state index contributed by atoms with van der Waals surface area (Å²) in [5.41, 5.74) is -2.55. The first-order chi connectivity index (χ1) is 13.5. The summed E-state index contributed by atoms with van der Waals surface area (Å²) in [5, 5.41) is 21.7. The van der Waals surface area contributed by atoms with E-state index in [4.69, 9.17) is 9.47 Å². The van der Waals surface area contributed by atoms with Crippen molar-refractivity contribution >= 4 is 17.7 Å². The summed E-state index contributed by atoms with van der Waals surface area (Å²) in [7, 11) is 0. The molecular formula is C22H30O7. The molecule has 3 aliphatic carbocycles. The summed E-state index contributed by atoms with van der Waals surface area (Å²) in [4.78, 5) is 38.3. The molecule has 3 saturated carbocycles. The van der Waals surface area contributed by atoms with Gasteiger partial charge in [0.05, 0.1) is 11.5 Å². The molecule has 0 aromatic heterocycles. The number of Topliss-reactive ketones (excluding diaryl/α,β-unsaturated/α-hetero) is 1. The lowest BCUT2D eigenvalue weighted by Crippen LogP contribution is -2.72. The number of ketones is 1. The molecule has 0 aromatic rings. The molecule has 0 radical (unpaired) electrons. The molecule has 1 aliphatic heterocycles. The van der Waals surface area contributed by atoms with Gasteiger partial charge in [0.1, 0.15) is 18.1 Å². The van der Waals surface area contributed by atoms with Crippen LogP contribution in [-0.4, -0.2) is 53.4 Å². The van der Waals surface area contributed by atoms with Gasteiger partial charge in [-0.05, 0) is 48.5 Å². The number of allylic oxidation sites excluding steroid dienone is 1. The van der Waals surface area contributed by atoms with Gasteiger partial charge in [-0.15, -0.1) is 0 Å². The van der Waals surface area contributed by atoms with Crippen molar-refractivity contribution in [3.8, 4) is 0 Å². The average Bonchev–Trinajstić information content (AvgIpc) is 2.83. The molecule has 2 N–H and O–H groups in total.